The number of hydrogen-bond donors (Lipinski definition) is 2. The fourth-order valence-corrected chi connectivity index (χ4v) is 5.30. The molecule has 0 radical (unpaired) electrons. The van der Waals surface area contributed by atoms with Gasteiger partial charge in [0.1, 0.15) is 17.2 Å². The lowest BCUT2D eigenvalue weighted by Gasteiger charge is -2.38. The van der Waals surface area contributed by atoms with Crippen molar-refractivity contribution in [1.82, 2.24) is 14.8 Å². The van der Waals surface area contributed by atoms with Crippen LogP contribution in [-0.4, -0.2) is 39.0 Å². The van der Waals surface area contributed by atoms with Crippen LogP contribution in [0, 0.1) is 17.6 Å². The summed E-state index contributed by atoms with van der Waals surface area (Å²) in [6.07, 6.45) is 1.91. The summed E-state index contributed by atoms with van der Waals surface area (Å²) in [7, 11) is 0. The van der Waals surface area contributed by atoms with Crippen molar-refractivity contribution in [2.24, 2.45) is 5.92 Å². The van der Waals surface area contributed by atoms with E-state index >= 15 is 0 Å². The normalized spacial score (nSPS) is 23.6. The van der Waals surface area contributed by atoms with E-state index in [1.807, 2.05) is 0 Å². The number of nitrogens with zero attached hydrogens (tertiary/aromatic N) is 2. The van der Waals surface area contributed by atoms with Gasteiger partial charge in [-0.25, -0.2) is 8.78 Å². The predicted octanol–water partition coefficient (Wildman–Crippen LogP) is 2.11. The quantitative estimate of drug-likeness (QED) is 0.782. The van der Waals surface area contributed by atoms with E-state index in [1.165, 1.54) is 6.07 Å². The van der Waals surface area contributed by atoms with Crippen molar-refractivity contribution < 1.29 is 23.5 Å². The first-order chi connectivity index (χ1) is 14.8. The molecule has 31 heavy (non-hydrogen) atoms. The van der Waals surface area contributed by atoms with Gasteiger partial charge in [-0.2, -0.15) is 0 Å². The minimum absolute atomic E-state index is 0.0256. The van der Waals surface area contributed by atoms with E-state index in [2.05, 4.69) is 12.2 Å². The molecule has 0 aliphatic carbocycles. The summed E-state index contributed by atoms with van der Waals surface area (Å²) in [5.41, 5.74) is -0.685. The number of rotatable bonds is 3. The lowest BCUT2D eigenvalue weighted by molar-refractivity contribution is 0.0609. The van der Waals surface area contributed by atoms with Gasteiger partial charge >= 0.3 is 0 Å². The summed E-state index contributed by atoms with van der Waals surface area (Å²) in [6, 6.07) is 2.88. The van der Waals surface area contributed by atoms with Crippen LogP contribution < -0.4 is 10.7 Å². The average Bonchev–Trinajstić information content (AvgIpc) is 3.31. The molecule has 2 N–H and O–H groups in total. The number of nitrogens with one attached hydrogen (secondary N) is 1. The number of halogens is 2. The largest absolute Gasteiger partial charge is 0.503 e. The smallest absolute Gasteiger partial charge is 0.274 e. The Morgan fingerprint density at radius 1 is 1.26 bits per heavy atom. The molecular formula is C22H21F2N3O4. The highest BCUT2D eigenvalue weighted by Crippen LogP contribution is 2.44. The molecule has 1 aromatic carbocycles. The molecule has 1 saturated heterocycles. The molecule has 3 aliphatic rings. The zero-order valence-electron chi connectivity index (χ0n) is 16.8. The zero-order valence-corrected chi connectivity index (χ0v) is 16.8. The maximum Gasteiger partial charge on any atom is 0.274 e. The Morgan fingerprint density at radius 2 is 2.03 bits per heavy atom. The van der Waals surface area contributed by atoms with E-state index in [0.717, 1.165) is 12.5 Å². The molecule has 4 heterocycles. The number of amides is 2. The standard InChI is InChI=1S/C22H21F2N3O4/c1-10-6-16-14-4-5-15-17(21(30)25-8-11-2-3-12(23)7-13(11)24)19(28)20(29)18(27(14)15)22(31)26(16)9-10/h2-3,7,10,14,16,29H,4-6,8-9H2,1H3,(H,25,30)/t10-,14?,16?/m1/s1. The highest BCUT2D eigenvalue weighted by molar-refractivity contribution is 6.00. The van der Waals surface area contributed by atoms with Crippen LogP contribution in [0.25, 0.3) is 0 Å². The minimum atomic E-state index is -0.905. The number of carbonyl (C=O) groups is 2. The molecule has 3 aliphatic heterocycles. The van der Waals surface area contributed by atoms with Crippen molar-refractivity contribution in [3.8, 4) is 5.75 Å². The third-order valence-electron chi connectivity index (χ3n) is 6.64. The van der Waals surface area contributed by atoms with Crippen molar-refractivity contribution in [3.05, 3.63) is 62.6 Å². The molecule has 2 aromatic rings. The lowest BCUT2D eigenvalue weighted by atomic mass is 9.98. The number of aromatic hydroxyl groups is 1. The minimum Gasteiger partial charge on any atom is -0.503 e. The number of carbonyl (C=O) groups excluding carboxylic acids is 2. The van der Waals surface area contributed by atoms with Gasteiger partial charge in [-0.3, -0.25) is 14.4 Å². The Balaban J connectivity index is 1.53. The van der Waals surface area contributed by atoms with Crippen LogP contribution >= 0.6 is 0 Å². The van der Waals surface area contributed by atoms with Gasteiger partial charge in [0.05, 0.1) is 12.1 Å². The van der Waals surface area contributed by atoms with E-state index in [9.17, 15) is 28.3 Å². The predicted molar refractivity (Wildman–Crippen MR) is 106 cm³/mol. The van der Waals surface area contributed by atoms with Gasteiger partial charge < -0.3 is 19.9 Å². The van der Waals surface area contributed by atoms with Crippen LogP contribution in [0.3, 0.4) is 0 Å². The lowest BCUT2D eigenvalue weighted by Crippen LogP contribution is -2.48. The fraction of sp³-hybridized carbons (Fsp3) is 0.409. The Bertz CT molecular complexity index is 1190. The van der Waals surface area contributed by atoms with Crippen LogP contribution in [0.2, 0.25) is 0 Å². The molecule has 162 valence electrons. The molecule has 0 spiro atoms. The Hall–Kier alpha value is -3.23. The van der Waals surface area contributed by atoms with Gasteiger partial charge in [-0.05, 0) is 31.2 Å². The summed E-state index contributed by atoms with van der Waals surface area (Å²) in [5.74, 6) is -3.10. The average molecular weight is 429 g/mol. The Labute approximate surface area is 176 Å². The molecule has 3 atom stereocenters. The van der Waals surface area contributed by atoms with Gasteiger partial charge in [0.15, 0.2) is 11.4 Å². The SMILES string of the molecule is C[C@@H]1CC2C3CCc4c(C(=O)NCc5ccc(F)cc5F)c(=O)c(O)c(n43)C(=O)N2C1. The van der Waals surface area contributed by atoms with Crippen LogP contribution in [0.4, 0.5) is 8.78 Å². The third-order valence-corrected chi connectivity index (χ3v) is 6.64. The van der Waals surface area contributed by atoms with E-state index in [1.54, 1.807) is 9.47 Å². The first-order valence-corrected chi connectivity index (χ1v) is 10.3. The number of benzene rings is 1. The van der Waals surface area contributed by atoms with E-state index in [4.69, 9.17) is 0 Å². The summed E-state index contributed by atoms with van der Waals surface area (Å²) in [4.78, 5) is 40.5. The van der Waals surface area contributed by atoms with Crippen molar-refractivity contribution in [1.29, 1.82) is 0 Å². The topological polar surface area (TPSA) is 91.6 Å². The van der Waals surface area contributed by atoms with Gasteiger partial charge in [-0.1, -0.05) is 13.0 Å². The Morgan fingerprint density at radius 3 is 2.77 bits per heavy atom. The highest BCUT2D eigenvalue weighted by Gasteiger charge is 2.49. The maximum absolute atomic E-state index is 13.9. The molecule has 5 rings (SSSR count). The highest BCUT2D eigenvalue weighted by atomic mass is 19.1. The monoisotopic (exact) mass is 429 g/mol. The second-order valence-electron chi connectivity index (χ2n) is 8.61. The molecule has 2 amide bonds. The molecule has 0 saturated carbocycles. The number of pyridine rings is 1. The van der Waals surface area contributed by atoms with E-state index in [0.29, 0.717) is 37.1 Å². The molecule has 1 fully saturated rings. The van der Waals surface area contributed by atoms with Crippen LogP contribution in [0.15, 0.2) is 23.0 Å². The second kappa shape index (κ2) is 6.90. The molecule has 0 bridgehead atoms. The van der Waals surface area contributed by atoms with Gasteiger partial charge in [0.2, 0.25) is 5.43 Å². The fourth-order valence-electron chi connectivity index (χ4n) is 5.30. The summed E-state index contributed by atoms with van der Waals surface area (Å²) >= 11 is 0. The van der Waals surface area contributed by atoms with E-state index in [-0.39, 0.29) is 41.4 Å². The van der Waals surface area contributed by atoms with Crippen LogP contribution in [-0.2, 0) is 13.0 Å². The number of hydrogen-bond acceptors (Lipinski definition) is 4. The summed E-state index contributed by atoms with van der Waals surface area (Å²) < 4.78 is 28.6. The van der Waals surface area contributed by atoms with E-state index < -0.39 is 28.7 Å². The van der Waals surface area contributed by atoms with Gasteiger partial charge in [-0.15, -0.1) is 0 Å². The first-order valence-electron chi connectivity index (χ1n) is 10.3. The number of fused-ring (bicyclic) bond motifs is 2. The van der Waals surface area contributed by atoms with Crippen molar-refractivity contribution >= 4 is 11.8 Å². The summed E-state index contributed by atoms with van der Waals surface area (Å²) in [5, 5.41) is 13.1. The van der Waals surface area contributed by atoms with Crippen molar-refractivity contribution in [2.75, 3.05) is 6.54 Å². The maximum atomic E-state index is 13.9. The van der Waals surface area contributed by atoms with Gasteiger partial charge in [0, 0.05) is 30.4 Å². The Kier molecular flexibility index (Phi) is 4.39. The van der Waals surface area contributed by atoms with Crippen LogP contribution in [0.1, 0.15) is 57.9 Å². The molecule has 1 aromatic heterocycles. The van der Waals surface area contributed by atoms with Crippen molar-refractivity contribution in [3.63, 3.8) is 0 Å². The molecular weight excluding hydrogens is 408 g/mol. The third kappa shape index (κ3) is 2.86. The number of aromatic nitrogens is 1. The second-order valence-corrected chi connectivity index (χ2v) is 8.61. The van der Waals surface area contributed by atoms with Crippen LogP contribution in [0.5, 0.6) is 5.75 Å². The van der Waals surface area contributed by atoms with Gasteiger partial charge in [0.25, 0.3) is 11.8 Å². The summed E-state index contributed by atoms with van der Waals surface area (Å²) in [6.45, 7) is 2.39. The molecule has 9 heteroatoms. The molecule has 2 unspecified atom stereocenters. The zero-order chi connectivity index (χ0) is 22.0. The van der Waals surface area contributed by atoms with Crippen molar-refractivity contribution in [2.45, 2.75) is 44.8 Å². The first kappa shape index (κ1) is 19.7. The molecule has 7 nitrogen and oxygen atoms in total.